The van der Waals surface area contributed by atoms with Gasteiger partial charge in [-0.25, -0.2) is 9.78 Å². The lowest BCUT2D eigenvalue weighted by molar-refractivity contribution is -0.132. The first-order valence-corrected chi connectivity index (χ1v) is 9.04. The quantitative estimate of drug-likeness (QED) is 0.809. The fraction of sp³-hybridized carbons (Fsp3) is 0.500. The summed E-state index contributed by atoms with van der Waals surface area (Å²) in [6, 6.07) is 0. The van der Waals surface area contributed by atoms with E-state index in [1.165, 1.54) is 17.3 Å². The number of hydrogen-bond acceptors (Lipinski definition) is 5. The van der Waals surface area contributed by atoms with E-state index < -0.39 is 22.1 Å². The normalized spacial score (nSPS) is 18.1. The van der Waals surface area contributed by atoms with Crippen molar-refractivity contribution >= 4 is 34.1 Å². The van der Waals surface area contributed by atoms with Crippen LogP contribution in [0.25, 0.3) is 6.08 Å². The third kappa shape index (κ3) is 2.82. The second-order valence-electron chi connectivity index (χ2n) is 5.80. The van der Waals surface area contributed by atoms with Crippen molar-refractivity contribution in [1.29, 1.82) is 0 Å². The molecular weight excluding hydrogens is 336 g/mol. The number of nitrogens with zero attached hydrogens (tertiary/aromatic N) is 3. The van der Waals surface area contributed by atoms with Gasteiger partial charge >= 0.3 is 16.2 Å². The Kier molecular flexibility index (Phi) is 4.18. The molecule has 1 aromatic heterocycles. The number of aliphatic carboxylic acids is 1. The maximum absolute atomic E-state index is 12.9. The van der Waals surface area contributed by atoms with E-state index in [-0.39, 0.29) is 30.1 Å². The molecule has 1 fully saturated rings. The fourth-order valence-corrected chi connectivity index (χ4v) is 4.70. The van der Waals surface area contributed by atoms with Crippen molar-refractivity contribution in [1.82, 2.24) is 13.3 Å². The number of hydrogen-bond donors (Lipinski definition) is 2. The first-order valence-electron chi connectivity index (χ1n) is 7.64. The van der Waals surface area contributed by atoms with Crippen LogP contribution in [-0.2, 0) is 26.2 Å². The molecule has 130 valence electrons. The van der Waals surface area contributed by atoms with Crippen LogP contribution in [0.4, 0.5) is 5.95 Å². The maximum atomic E-state index is 12.9. The summed E-state index contributed by atoms with van der Waals surface area (Å²) in [5.41, 5.74) is 0.834. The zero-order chi connectivity index (χ0) is 17.5. The van der Waals surface area contributed by atoms with Crippen molar-refractivity contribution < 1.29 is 23.1 Å². The summed E-state index contributed by atoms with van der Waals surface area (Å²) in [5, 5.41) is 11.6. The van der Waals surface area contributed by atoms with Crippen LogP contribution in [-0.4, -0.2) is 51.8 Å². The highest BCUT2D eigenvalue weighted by atomic mass is 32.2. The van der Waals surface area contributed by atoms with Gasteiger partial charge in [-0.1, -0.05) is 0 Å². The maximum Gasteiger partial charge on any atom is 0.331 e. The Morgan fingerprint density at radius 2 is 1.92 bits per heavy atom. The van der Waals surface area contributed by atoms with Crippen molar-refractivity contribution in [3.63, 3.8) is 0 Å². The minimum absolute atomic E-state index is 0.0951. The molecule has 1 amide bonds. The number of carbonyl (C=O) groups excluding carboxylic acids is 1. The van der Waals surface area contributed by atoms with Crippen LogP contribution in [0.2, 0.25) is 0 Å². The molecule has 3 rings (SSSR count). The molecule has 1 aliphatic heterocycles. The zero-order valence-electron chi connectivity index (χ0n) is 13.2. The summed E-state index contributed by atoms with van der Waals surface area (Å²) in [7, 11) is -3.85. The number of amides is 1. The number of nitrogens with one attached hydrogen (secondary N) is 1. The van der Waals surface area contributed by atoms with Gasteiger partial charge in [0, 0.05) is 25.6 Å². The lowest BCUT2D eigenvalue weighted by Gasteiger charge is -2.20. The van der Waals surface area contributed by atoms with Gasteiger partial charge in [0.2, 0.25) is 11.9 Å². The topological polar surface area (TPSA) is 122 Å². The number of carboxylic acids is 1. The Morgan fingerprint density at radius 3 is 2.50 bits per heavy atom. The number of fused-ring (bicyclic) bond motifs is 1. The van der Waals surface area contributed by atoms with E-state index in [4.69, 9.17) is 5.11 Å². The molecule has 2 N–H and O–H groups in total. The second-order valence-corrected chi connectivity index (χ2v) is 7.58. The standard InChI is InChI=1S/C14H18N4O5S/c1-9(19)15-14-16-11-8-10(13(20)21)4-5-12(11)18(14)24(22,23)17-6-2-3-7-17/h8H,2-7H2,1H3,(H,20,21)(H,15,16,19). The van der Waals surface area contributed by atoms with Crippen LogP contribution in [0.3, 0.4) is 0 Å². The number of imidazole rings is 1. The van der Waals surface area contributed by atoms with Crippen molar-refractivity contribution in [2.24, 2.45) is 0 Å². The number of aromatic nitrogens is 2. The largest absolute Gasteiger partial charge is 0.478 e. The highest BCUT2D eigenvalue weighted by Gasteiger charge is 2.34. The van der Waals surface area contributed by atoms with Gasteiger partial charge in [-0.3, -0.25) is 10.1 Å². The fourth-order valence-electron chi connectivity index (χ4n) is 2.98. The molecular formula is C14H18N4O5S. The Bertz CT molecular complexity index is 834. The molecule has 2 aliphatic rings. The first-order chi connectivity index (χ1) is 11.3. The summed E-state index contributed by atoms with van der Waals surface area (Å²) in [6.07, 6.45) is 3.38. The van der Waals surface area contributed by atoms with Crippen molar-refractivity contribution in [2.75, 3.05) is 18.4 Å². The number of carboxylic acid groups (broad SMARTS) is 1. The van der Waals surface area contributed by atoms with E-state index in [1.54, 1.807) is 0 Å². The lowest BCUT2D eigenvalue weighted by atomic mass is 10.0. The number of anilines is 1. The molecule has 0 aromatic carbocycles. The Labute approximate surface area is 139 Å². The summed E-state index contributed by atoms with van der Waals surface area (Å²) >= 11 is 0. The minimum Gasteiger partial charge on any atom is -0.478 e. The summed E-state index contributed by atoms with van der Waals surface area (Å²) < 4.78 is 28.3. The Balaban J connectivity index is 2.14. The average Bonchev–Trinajstić information content (AvgIpc) is 3.13. The third-order valence-electron chi connectivity index (χ3n) is 4.09. The van der Waals surface area contributed by atoms with E-state index >= 15 is 0 Å². The van der Waals surface area contributed by atoms with Gasteiger partial charge in [0.1, 0.15) is 0 Å². The zero-order valence-corrected chi connectivity index (χ0v) is 14.0. The highest BCUT2D eigenvalue weighted by Crippen LogP contribution is 2.30. The molecule has 0 radical (unpaired) electrons. The predicted octanol–water partition coefficient (Wildman–Crippen LogP) is 0.444. The van der Waals surface area contributed by atoms with Crippen molar-refractivity contribution in [3.8, 4) is 0 Å². The van der Waals surface area contributed by atoms with E-state index in [2.05, 4.69) is 10.3 Å². The molecule has 1 saturated heterocycles. The predicted molar refractivity (Wildman–Crippen MR) is 85.6 cm³/mol. The summed E-state index contributed by atoms with van der Waals surface area (Å²) in [4.78, 5) is 26.7. The summed E-state index contributed by atoms with van der Waals surface area (Å²) in [5.74, 6) is -1.60. The van der Waals surface area contributed by atoms with E-state index in [0.29, 0.717) is 18.8 Å². The average molecular weight is 354 g/mol. The van der Waals surface area contributed by atoms with Gasteiger partial charge in [-0.2, -0.15) is 16.7 Å². The van der Waals surface area contributed by atoms with Gasteiger partial charge in [0.05, 0.1) is 11.4 Å². The van der Waals surface area contributed by atoms with Gasteiger partial charge < -0.3 is 5.11 Å². The van der Waals surface area contributed by atoms with Gasteiger partial charge in [0.25, 0.3) is 0 Å². The van der Waals surface area contributed by atoms with Crippen molar-refractivity contribution in [2.45, 2.75) is 32.6 Å². The molecule has 9 nitrogen and oxygen atoms in total. The molecule has 0 bridgehead atoms. The smallest absolute Gasteiger partial charge is 0.331 e. The van der Waals surface area contributed by atoms with Crippen LogP contribution in [0.15, 0.2) is 5.57 Å². The molecule has 1 aliphatic carbocycles. The Hall–Kier alpha value is -2.20. The minimum atomic E-state index is -3.85. The van der Waals surface area contributed by atoms with Gasteiger partial charge in [-0.15, -0.1) is 0 Å². The van der Waals surface area contributed by atoms with Crippen LogP contribution in [0, 0.1) is 0 Å². The molecule has 10 heteroatoms. The van der Waals surface area contributed by atoms with Crippen molar-refractivity contribution in [3.05, 3.63) is 17.0 Å². The molecule has 0 spiro atoms. The molecule has 1 aromatic rings. The van der Waals surface area contributed by atoms with E-state index in [0.717, 1.165) is 16.8 Å². The van der Waals surface area contributed by atoms with Gasteiger partial charge in [0.15, 0.2) is 0 Å². The van der Waals surface area contributed by atoms with E-state index in [9.17, 15) is 18.0 Å². The SMILES string of the molecule is CC(=O)Nc1nc2c(n1S(=O)(=O)N1CCCC1)CCC(C(=O)O)=C2. The lowest BCUT2D eigenvalue weighted by Crippen LogP contribution is -2.35. The summed E-state index contributed by atoms with van der Waals surface area (Å²) in [6.45, 7) is 2.11. The third-order valence-corrected chi connectivity index (χ3v) is 5.96. The van der Waals surface area contributed by atoms with Crippen LogP contribution in [0.1, 0.15) is 37.6 Å². The second kappa shape index (κ2) is 6.02. The highest BCUT2D eigenvalue weighted by molar-refractivity contribution is 7.87. The first kappa shape index (κ1) is 16.7. The van der Waals surface area contributed by atoms with Gasteiger partial charge in [-0.05, 0) is 31.8 Å². The van der Waals surface area contributed by atoms with E-state index in [1.807, 2.05) is 0 Å². The monoisotopic (exact) mass is 354 g/mol. The number of rotatable bonds is 4. The Morgan fingerprint density at radius 1 is 1.25 bits per heavy atom. The van der Waals surface area contributed by atoms with Crippen LogP contribution in [0.5, 0.6) is 0 Å². The molecule has 0 atom stereocenters. The molecule has 2 heterocycles. The molecule has 24 heavy (non-hydrogen) atoms. The number of carbonyl (C=O) groups is 2. The van der Waals surface area contributed by atoms with Crippen LogP contribution < -0.4 is 5.32 Å². The molecule has 0 saturated carbocycles. The molecule has 0 unspecified atom stereocenters. The van der Waals surface area contributed by atoms with Crippen LogP contribution >= 0.6 is 0 Å².